The van der Waals surface area contributed by atoms with Gasteiger partial charge in [0.15, 0.2) is 5.82 Å². The molecule has 1 aliphatic rings. The molecule has 3 heterocycles. The zero-order valence-corrected chi connectivity index (χ0v) is 16.7. The predicted octanol–water partition coefficient (Wildman–Crippen LogP) is 3.82. The highest BCUT2D eigenvalue weighted by Gasteiger charge is 2.29. The second-order valence-electron chi connectivity index (χ2n) is 7.55. The van der Waals surface area contributed by atoms with Crippen LogP contribution < -0.4 is 5.32 Å². The Labute approximate surface area is 177 Å². The Bertz CT molecular complexity index is 1210. The molecule has 31 heavy (non-hydrogen) atoms. The first-order valence-electron chi connectivity index (χ1n) is 9.97. The van der Waals surface area contributed by atoms with Gasteiger partial charge >= 0.3 is 0 Å². The summed E-state index contributed by atoms with van der Waals surface area (Å²) in [5, 5.41) is 6.87. The van der Waals surface area contributed by atoms with Crippen LogP contribution in [-0.2, 0) is 0 Å². The van der Waals surface area contributed by atoms with Crippen LogP contribution in [0.4, 0.5) is 4.39 Å². The van der Waals surface area contributed by atoms with E-state index in [0.717, 1.165) is 29.8 Å². The normalized spacial score (nSPS) is 14.4. The topological polar surface area (TPSA) is 98.7 Å². The van der Waals surface area contributed by atoms with Crippen LogP contribution in [0, 0.1) is 5.82 Å². The van der Waals surface area contributed by atoms with E-state index in [1.54, 1.807) is 35.2 Å². The Morgan fingerprint density at radius 1 is 1.19 bits per heavy atom. The Morgan fingerprint density at radius 3 is 2.71 bits per heavy atom. The average Bonchev–Trinajstić information content (AvgIpc) is 3.31. The first-order valence-corrected chi connectivity index (χ1v) is 9.97. The highest BCUT2D eigenvalue weighted by Crippen LogP contribution is 2.38. The van der Waals surface area contributed by atoms with Crippen molar-refractivity contribution in [3.05, 3.63) is 78.0 Å². The van der Waals surface area contributed by atoms with Crippen LogP contribution in [0.5, 0.6) is 0 Å². The minimum absolute atomic E-state index is 0.255. The van der Waals surface area contributed by atoms with Crippen LogP contribution in [0.1, 0.15) is 53.6 Å². The van der Waals surface area contributed by atoms with Crippen LogP contribution in [-0.4, -0.2) is 30.6 Å². The molecule has 1 fully saturated rings. The Balaban J connectivity index is 1.27. The molecule has 1 N–H and O–H groups in total. The van der Waals surface area contributed by atoms with Crippen molar-refractivity contribution in [2.75, 3.05) is 0 Å². The summed E-state index contributed by atoms with van der Waals surface area (Å²) in [5.41, 5.74) is 1.79. The summed E-state index contributed by atoms with van der Waals surface area (Å²) in [5.74, 6) is 1.57. The van der Waals surface area contributed by atoms with Gasteiger partial charge in [0, 0.05) is 18.3 Å². The minimum Gasteiger partial charge on any atom is -0.344 e. The molecule has 1 atom stereocenters. The van der Waals surface area contributed by atoms with E-state index in [4.69, 9.17) is 4.52 Å². The Hall–Kier alpha value is -3.88. The van der Waals surface area contributed by atoms with Crippen molar-refractivity contribution in [2.45, 2.75) is 31.7 Å². The third kappa shape index (κ3) is 4.07. The molecular weight excluding hydrogens is 399 g/mol. The molecule has 0 spiro atoms. The third-order valence-electron chi connectivity index (χ3n) is 5.18. The number of benzene rings is 1. The number of carbonyl (C=O) groups excluding carboxylic acids is 1. The van der Waals surface area contributed by atoms with E-state index in [1.165, 1.54) is 18.5 Å². The number of rotatable bonds is 6. The Morgan fingerprint density at radius 2 is 2.00 bits per heavy atom. The number of amides is 1. The average molecular weight is 418 g/mol. The zero-order chi connectivity index (χ0) is 21.4. The lowest BCUT2D eigenvalue weighted by Gasteiger charge is -2.13. The maximum Gasteiger partial charge on any atom is 0.271 e. The molecule has 5 rings (SSSR count). The van der Waals surface area contributed by atoms with Gasteiger partial charge in [-0.25, -0.2) is 14.4 Å². The molecule has 1 amide bonds. The maximum absolute atomic E-state index is 13.1. The summed E-state index contributed by atoms with van der Waals surface area (Å²) in [4.78, 5) is 25.5. The number of aromatic nitrogens is 5. The van der Waals surface area contributed by atoms with E-state index in [1.807, 2.05) is 13.0 Å². The van der Waals surface area contributed by atoms with Gasteiger partial charge in [0.1, 0.15) is 23.7 Å². The molecule has 9 heteroatoms. The van der Waals surface area contributed by atoms with Gasteiger partial charge in [0.2, 0.25) is 0 Å². The molecular formula is C22H19FN6O2. The number of imidazole rings is 1. The largest absolute Gasteiger partial charge is 0.344 e. The zero-order valence-electron chi connectivity index (χ0n) is 16.7. The van der Waals surface area contributed by atoms with Crippen LogP contribution in [0.2, 0.25) is 0 Å². The number of hydrogen-bond acceptors (Lipinski definition) is 6. The molecule has 8 nitrogen and oxygen atoms in total. The molecule has 4 aromatic rings. The van der Waals surface area contributed by atoms with E-state index in [9.17, 15) is 9.18 Å². The number of halogens is 1. The van der Waals surface area contributed by atoms with Gasteiger partial charge in [-0.15, -0.1) is 0 Å². The monoisotopic (exact) mass is 418 g/mol. The van der Waals surface area contributed by atoms with Crippen molar-refractivity contribution < 1.29 is 13.7 Å². The summed E-state index contributed by atoms with van der Waals surface area (Å²) in [6.07, 6.45) is 6.99. The van der Waals surface area contributed by atoms with Crippen LogP contribution in [0.3, 0.4) is 0 Å². The van der Waals surface area contributed by atoms with E-state index in [2.05, 4.69) is 25.4 Å². The smallest absolute Gasteiger partial charge is 0.271 e. The minimum atomic E-state index is -0.328. The first-order chi connectivity index (χ1) is 15.1. The molecule has 0 radical (unpaired) electrons. The summed E-state index contributed by atoms with van der Waals surface area (Å²) in [6, 6.07) is 9.35. The molecule has 0 aliphatic heterocycles. The lowest BCUT2D eigenvalue weighted by atomic mass is 10.1. The highest BCUT2D eigenvalue weighted by atomic mass is 19.1. The van der Waals surface area contributed by atoms with Gasteiger partial charge in [0.25, 0.3) is 11.8 Å². The van der Waals surface area contributed by atoms with Gasteiger partial charge in [-0.2, -0.15) is 4.98 Å². The lowest BCUT2D eigenvalue weighted by molar-refractivity contribution is 0.0935. The molecule has 156 valence electrons. The second-order valence-corrected chi connectivity index (χ2v) is 7.55. The van der Waals surface area contributed by atoms with Crippen molar-refractivity contribution in [2.24, 2.45) is 0 Å². The van der Waals surface area contributed by atoms with Crippen molar-refractivity contribution in [1.29, 1.82) is 0 Å². The van der Waals surface area contributed by atoms with Gasteiger partial charge < -0.3 is 9.84 Å². The van der Waals surface area contributed by atoms with Gasteiger partial charge in [-0.05, 0) is 49.6 Å². The number of pyridine rings is 1. The van der Waals surface area contributed by atoms with Crippen molar-refractivity contribution >= 4 is 5.91 Å². The summed E-state index contributed by atoms with van der Waals surface area (Å²) in [7, 11) is 0. The number of hydrogen-bond donors (Lipinski definition) is 1. The fourth-order valence-corrected chi connectivity index (χ4v) is 3.20. The third-order valence-corrected chi connectivity index (χ3v) is 5.18. The van der Waals surface area contributed by atoms with Crippen molar-refractivity contribution in [3.63, 3.8) is 0 Å². The molecule has 1 aromatic carbocycles. The number of nitrogens with one attached hydrogen (secondary N) is 1. The number of nitrogens with zero attached hydrogens (tertiary/aromatic N) is 5. The summed E-state index contributed by atoms with van der Waals surface area (Å²) in [6.45, 7) is 1.83. The van der Waals surface area contributed by atoms with Gasteiger partial charge in [-0.3, -0.25) is 9.36 Å². The highest BCUT2D eigenvalue weighted by molar-refractivity contribution is 5.92. The molecule has 0 saturated heterocycles. The van der Waals surface area contributed by atoms with E-state index < -0.39 is 0 Å². The molecule has 0 unspecified atom stereocenters. The predicted molar refractivity (Wildman–Crippen MR) is 109 cm³/mol. The fraction of sp³-hybridized carbons (Fsp3) is 0.227. The van der Waals surface area contributed by atoms with Crippen molar-refractivity contribution in [1.82, 2.24) is 30.0 Å². The van der Waals surface area contributed by atoms with Crippen LogP contribution >= 0.6 is 0 Å². The van der Waals surface area contributed by atoms with Crippen molar-refractivity contribution in [3.8, 4) is 17.3 Å². The Kier molecular flexibility index (Phi) is 4.78. The fourth-order valence-electron chi connectivity index (χ4n) is 3.20. The van der Waals surface area contributed by atoms with Gasteiger partial charge in [-0.1, -0.05) is 17.3 Å². The van der Waals surface area contributed by atoms with Crippen LogP contribution in [0.15, 0.2) is 59.6 Å². The van der Waals surface area contributed by atoms with E-state index >= 15 is 0 Å². The molecule has 1 aliphatic carbocycles. The van der Waals surface area contributed by atoms with E-state index in [0.29, 0.717) is 17.6 Å². The first kappa shape index (κ1) is 19.1. The van der Waals surface area contributed by atoms with Crippen LogP contribution in [0.25, 0.3) is 17.3 Å². The van der Waals surface area contributed by atoms with E-state index in [-0.39, 0.29) is 23.5 Å². The SMILES string of the molecule is C[C@@H](NC(=O)c1cn(-c2ccc(-c3nc(C4CC4)no3)cn2)cn1)c1ccc(F)cc1. The molecule has 0 bridgehead atoms. The molecule has 1 saturated carbocycles. The van der Waals surface area contributed by atoms with Gasteiger partial charge in [0.05, 0.1) is 11.6 Å². The maximum atomic E-state index is 13.1. The summed E-state index contributed by atoms with van der Waals surface area (Å²) < 4.78 is 20.1. The lowest BCUT2D eigenvalue weighted by Crippen LogP contribution is -2.26. The molecule has 3 aromatic heterocycles. The summed E-state index contributed by atoms with van der Waals surface area (Å²) >= 11 is 0. The quantitative estimate of drug-likeness (QED) is 0.511. The standard InChI is InChI=1S/C22H19FN6O2/c1-13(14-4-7-17(23)8-5-14)26-21(30)18-11-29(12-25-18)19-9-6-16(10-24-19)22-27-20(28-31-22)15-2-3-15/h4-13,15H,2-3H2,1H3,(H,26,30)/t13-/m1/s1. The second kappa shape index (κ2) is 7.75. The number of carbonyl (C=O) groups is 1.